The average Bonchev–Trinajstić information content (AvgIpc) is 2.65. The molecule has 0 aliphatic carbocycles. The molecule has 0 saturated heterocycles. The molecule has 130 valence electrons. The Kier molecular flexibility index (Phi) is 6.38. The van der Waals surface area contributed by atoms with Crippen LogP contribution in [0.2, 0.25) is 0 Å². The Morgan fingerprint density at radius 2 is 2.04 bits per heavy atom. The lowest BCUT2D eigenvalue weighted by Gasteiger charge is -2.15. The van der Waals surface area contributed by atoms with Crippen molar-refractivity contribution in [3.05, 3.63) is 53.6 Å². The molecule has 25 heavy (non-hydrogen) atoms. The van der Waals surface area contributed by atoms with Crippen LogP contribution in [0, 0.1) is 11.3 Å². The summed E-state index contributed by atoms with van der Waals surface area (Å²) in [6, 6.07) is 13.8. The van der Waals surface area contributed by atoms with E-state index in [-0.39, 0.29) is 18.7 Å². The van der Waals surface area contributed by atoms with Crippen LogP contribution in [0.3, 0.4) is 0 Å². The second-order valence-electron chi connectivity index (χ2n) is 5.40. The van der Waals surface area contributed by atoms with Crippen LogP contribution in [-0.2, 0) is 4.79 Å². The molecule has 6 heteroatoms. The number of aliphatic hydroxyl groups excluding tert-OH is 1. The van der Waals surface area contributed by atoms with Crippen LogP contribution in [0.15, 0.2) is 42.5 Å². The van der Waals surface area contributed by atoms with Gasteiger partial charge in [0.25, 0.3) is 0 Å². The van der Waals surface area contributed by atoms with Crippen LogP contribution >= 0.6 is 0 Å². The van der Waals surface area contributed by atoms with E-state index in [1.165, 1.54) is 7.11 Å². The van der Waals surface area contributed by atoms with Crippen molar-refractivity contribution >= 4 is 11.6 Å². The van der Waals surface area contributed by atoms with Gasteiger partial charge in [0.15, 0.2) is 0 Å². The molecule has 0 saturated carbocycles. The summed E-state index contributed by atoms with van der Waals surface area (Å²) in [4.78, 5) is 12.0. The largest absolute Gasteiger partial charge is 0.497 e. The minimum absolute atomic E-state index is 0.132. The van der Waals surface area contributed by atoms with Crippen molar-refractivity contribution in [1.82, 2.24) is 0 Å². The highest BCUT2D eigenvalue weighted by molar-refractivity contribution is 5.90. The maximum atomic E-state index is 12.0. The quantitative estimate of drug-likeness (QED) is 0.808. The third-order valence-electron chi connectivity index (χ3n) is 3.72. The average molecular weight is 340 g/mol. The first kappa shape index (κ1) is 18.3. The fourth-order valence-electron chi connectivity index (χ4n) is 2.41. The number of nitrogens with zero attached hydrogens (tertiary/aromatic N) is 1. The molecule has 0 fully saturated rings. The Morgan fingerprint density at radius 1 is 1.24 bits per heavy atom. The van der Waals surface area contributed by atoms with Crippen LogP contribution < -0.4 is 14.8 Å². The van der Waals surface area contributed by atoms with Crippen LogP contribution in [0.1, 0.15) is 30.1 Å². The van der Waals surface area contributed by atoms with Crippen molar-refractivity contribution in [2.45, 2.75) is 18.9 Å². The second kappa shape index (κ2) is 8.71. The molecule has 1 atom stereocenters. The van der Waals surface area contributed by atoms with Gasteiger partial charge >= 0.3 is 0 Å². The Balaban J connectivity index is 1.96. The number of nitriles is 1. The van der Waals surface area contributed by atoms with Gasteiger partial charge in [0.2, 0.25) is 5.91 Å². The number of rotatable bonds is 7. The number of ether oxygens (including phenoxy) is 2. The van der Waals surface area contributed by atoms with E-state index in [4.69, 9.17) is 14.7 Å². The molecule has 1 unspecified atom stereocenters. The molecule has 0 heterocycles. The molecule has 2 rings (SSSR count). The molecular weight excluding hydrogens is 320 g/mol. The van der Waals surface area contributed by atoms with Gasteiger partial charge in [-0.25, -0.2) is 0 Å². The maximum absolute atomic E-state index is 12.0. The number of carbonyl (C=O) groups excluding carboxylic acids is 1. The lowest BCUT2D eigenvalue weighted by atomic mass is 10.0. The lowest BCUT2D eigenvalue weighted by Crippen LogP contribution is -2.13. The number of hydrogen-bond donors (Lipinski definition) is 2. The molecule has 0 bridgehead atoms. The van der Waals surface area contributed by atoms with Gasteiger partial charge < -0.3 is 19.9 Å². The molecule has 0 aromatic heterocycles. The summed E-state index contributed by atoms with van der Waals surface area (Å²) < 4.78 is 10.4. The first-order valence-corrected chi connectivity index (χ1v) is 7.77. The zero-order valence-electron chi connectivity index (χ0n) is 14.2. The third-order valence-corrected chi connectivity index (χ3v) is 3.72. The zero-order valence-corrected chi connectivity index (χ0v) is 14.2. The van der Waals surface area contributed by atoms with Gasteiger partial charge in [-0.05, 0) is 36.8 Å². The number of aliphatic hydroxyl groups is 1. The van der Waals surface area contributed by atoms with Gasteiger partial charge in [0, 0.05) is 23.7 Å². The molecule has 2 N–H and O–H groups in total. The van der Waals surface area contributed by atoms with Gasteiger partial charge in [0.05, 0.1) is 32.0 Å². The fourth-order valence-corrected chi connectivity index (χ4v) is 2.41. The van der Waals surface area contributed by atoms with Crippen molar-refractivity contribution in [1.29, 1.82) is 5.26 Å². The summed E-state index contributed by atoms with van der Waals surface area (Å²) in [5, 5.41) is 21.9. The predicted molar refractivity (Wildman–Crippen MR) is 93.5 cm³/mol. The number of anilines is 1. The number of nitrogens with one attached hydrogen (secondary N) is 1. The third kappa shape index (κ3) is 4.96. The Bertz CT molecular complexity index is 783. The lowest BCUT2D eigenvalue weighted by molar-refractivity contribution is -0.116. The Hall–Kier alpha value is -3.04. The molecule has 2 aromatic rings. The molecule has 0 aliphatic heterocycles. The number of benzene rings is 2. The highest BCUT2D eigenvalue weighted by Crippen LogP contribution is 2.31. The molecular formula is C19H20N2O4. The summed E-state index contributed by atoms with van der Waals surface area (Å²) in [5.41, 5.74) is 1.63. The number of hydrogen-bond acceptors (Lipinski definition) is 5. The van der Waals surface area contributed by atoms with Gasteiger partial charge in [-0.15, -0.1) is 0 Å². The van der Waals surface area contributed by atoms with E-state index >= 15 is 0 Å². The van der Waals surface area contributed by atoms with Crippen molar-refractivity contribution in [3.8, 4) is 17.6 Å². The molecule has 1 amide bonds. The van der Waals surface area contributed by atoms with Crippen molar-refractivity contribution in [2.75, 3.05) is 19.5 Å². The van der Waals surface area contributed by atoms with Gasteiger partial charge in [-0.3, -0.25) is 4.79 Å². The zero-order chi connectivity index (χ0) is 18.2. The molecule has 0 aliphatic rings. The fraction of sp³-hybridized carbons (Fsp3) is 0.263. The standard InChI is InChI=1S/C19H20N2O4/c1-24-15-6-7-16(18(11-15)25-2)17(22)8-9-19(23)21-14-5-3-4-13(10-14)12-20/h3-7,10-11,17,22H,8-9H2,1-2H3,(H,21,23). The number of amides is 1. The molecule has 0 spiro atoms. The van der Waals surface area contributed by atoms with Crippen LogP contribution in [-0.4, -0.2) is 25.2 Å². The van der Waals surface area contributed by atoms with E-state index < -0.39 is 6.10 Å². The summed E-state index contributed by atoms with van der Waals surface area (Å²) in [5.74, 6) is 0.901. The molecule has 0 radical (unpaired) electrons. The van der Waals surface area contributed by atoms with E-state index in [2.05, 4.69) is 5.32 Å². The van der Waals surface area contributed by atoms with E-state index in [9.17, 15) is 9.90 Å². The van der Waals surface area contributed by atoms with Crippen molar-refractivity contribution in [2.24, 2.45) is 0 Å². The minimum atomic E-state index is -0.836. The first-order chi connectivity index (χ1) is 12.1. The molecule has 6 nitrogen and oxygen atoms in total. The van der Waals surface area contributed by atoms with E-state index in [1.54, 1.807) is 49.6 Å². The van der Waals surface area contributed by atoms with E-state index in [0.29, 0.717) is 28.3 Å². The topological polar surface area (TPSA) is 91.6 Å². The predicted octanol–water partition coefficient (Wildman–Crippen LogP) is 3.03. The van der Waals surface area contributed by atoms with Crippen molar-refractivity contribution in [3.63, 3.8) is 0 Å². The monoisotopic (exact) mass is 340 g/mol. The summed E-state index contributed by atoms with van der Waals surface area (Å²) in [6.45, 7) is 0. The van der Waals surface area contributed by atoms with Crippen LogP contribution in [0.4, 0.5) is 5.69 Å². The van der Waals surface area contributed by atoms with E-state index in [0.717, 1.165) is 0 Å². The highest BCUT2D eigenvalue weighted by Gasteiger charge is 2.16. The number of methoxy groups -OCH3 is 2. The maximum Gasteiger partial charge on any atom is 0.224 e. The Morgan fingerprint density at radius 3 is 2.72 bits per heavy atom. The highest BCUT2D eigenvalue weighted by atomic mass is 16.5. The van der Waals surface area contributed by atoms with Crippen LogP contribution in [0.25, 0.3) is 0 Å². The summed E-state index contributed by atoms with van der Waals surface area (Å²) >= 11 is 0. The SMILES string of the molecule is COc1ccc(C(O)CCC(=O)Nc2cccc(C#N)c2)c(OC)c1. The van der Waals surface area contributed by atoms with Gasteiger partial charge in [-0.1, -0.05) is 6.07 Å². The normalized spacial score (nSPS) is 11.3. The summed E-state index contributed by atoms with van der Waals surface area (Å²) in [6.07, 6.45) is -0.461. The minimum Gasteiger partial charge on any atom is -0.497 e. The smallest absolute Gasteiger partial charge is 0.224 e. The number of carbonyl (C=O) groups is 1. The van der Waals surface area contributed by atoms with Crippen molar-refractivity contribution < 1.29 is 19.4 Å². The Labute approximate surface area is 146 Å². The van der Waals surface area contributed by atoms with Crippen LogP contribution in [0.5, 0.6) is 11.5 Å². The molecule has 2 aromatic carbocycles. The second-order valence-corrected chi connectivity index (χ2v) is 5.40. The van der Waals surface area contributed by atoms with Gasteiger partial charge in [0.1, 0.15) is 11.5 Å². The summed E-state index contributed by atoms with van der Waals surface area (Å²) in [7, 11) is 3.07. The first-order valence-electron chi connectivity index (χ1n) is 7.77. The van der Waals surface area contributed by atoms with E-state index in [1.807, 2.05) is 6.07 Å². The van der Waals surface area contributed by atoms with Gasteiger partial charge in [-0.2, -0.15) is 5.26 Å².